The van der Waals surface area contributed by atoms with Crippen molar-refractivity contribution in [3.63, 3.8) is 0 Å². The summed E-state index contributed by atoms with van der Waals surface area (Å²) in [5.74, 6) is -2.22. The fraction of sp³-hybridized carbons (Fsp3) is 0.294. The second-order valence-corrected chi connectivity index (χ2v) is 5.72. The first-order valence-corrected chi connectivity index (χ1v) is 7.37. The number of hydrogen-bond donors (Lipinski definition) is 0. The van der Waals surface area contributed by atoms with Crippen molar-refractivity contribution >= 4 is 5.91 Å². The van der Waals surface area contributed by atoms with Crippen molar-refractivity contribution < 1.29 is 18.0 Å². The Hall–Kier alpha value is -2.37. The Morgan fingerprint density at radius 2 is 1.96 bits per heavy atom. The van der Waals surface area contributed by atoms with Crippen molar-refractivity contribution in [2.75, 3.05) is 13.1 Å². The molecule has 23 heavy (non-hydrogen) atoms. The van der Waals surface area contributed by atoms with Crippen LogP contribution in [-0.2, 0) is 6.42 Å². The van der Waals surface area contributed by atoms with E-state index in [0.29, 0.717) is 31.5 Å². The lowest BCUT2D eigenvalue weighted by Crippen LogP contribution is -2.30. The molecule has 1 fully saturated rings. The third kappa shape index (κ3) is 3.52. The maximum Gasteiger partial charge on any atom is 0.275 e. The fourth-order valence-electron chi connectivity index (χ4n) is 2.94. The Labute approximate surface area is 131 Å². The van der Waals surface area contributed by atoms with Crippen LogP contribution in [0.15, 0.2) is 36.5 Å². The minimum Gasteiger partial charge on any atom is -0.337 e. The van der Waals surface area contributed by atoms with E-state index in [9.17, 15) is 18.0 Å². The van der Waals surface area contributed by atoms with Gasteiger partial charge in [0.1, 0.15) is 11.6 Å². The summed E-state index contributed by atoms with van der Waals surface area (Å²) in [6.45, 7) is 0.907. The SMILES string of the molecule is O=C(c1ncccc1F)N1CCC(Cc2cc(F)cc(F)c2)C1. The first kappa shape index (κ1) is 15.5. The summed E-state index contributed by atoms with van der Waals surface area (Å²) in [5.41, 5.74) is 0.371. The molecule has 1 aromatic heterocycles. The third-order valence-electron chi connectivity index (χ3n) is 3.98. The maximum atomic E-state index is 13.6. The Morgan fingerprint density at radius 1 is 1.22 bits per heavy atom. The van der Waals surface area contributed by atoms with Crippen LogP contribution in [0.4, 0.5) is 13.2 Å². The van der Waals surface area contributed by atoms with Crippen molar-refractivity contribution in [3.8, 4) is 0 Å². The predicted octanol–water partition coefficient (Wildman–Crippen LogP) is 3.20. The van der Waals surface area contributed by atoms with Crippen molar-refractivity contribution in [3.05, 3.63) is 65.2 Å². The summed E-state index contributed by atoms with van der Waals surface area (Å²) < 4.78 is 40.1. The molecule has 1 aliphatic heterocycles. The minimum atomic E-state index is -0.645. The van der Waals surface area contributed by atoms with Gasteiger partial charge in [0.25, 0.3) is 5.91 Å². The van der Waals surface area contributed by atoms with Gasteiger partial charge in [-0.25, -0.2) is 18.2 Å². The number of benzene rings is 1. The Kier molecular flexibility index (Phi) is 4.32. The van der Waals surface area contributed by atoms with Gasteiger partial charge in [-0.2, -0.15) is 0 Å². The average Bonchev–Trinajstić information content (AvgIpc) is 2.94. The topological polar surface area (TPSA) is 33.2 Å². The van der Waals surface area contributed by atoms with Crippen LogP contribution in [0.2, 0.25) is 0 Å². The van der Waals surface area contributed by atoms with Crippen molar-refractivity contribution in [2.45, 2.75) is 12.8 Å². The predicted molar refractivity (Wildman–Crippen MR) is 78.3 cm³/mol. The number of nitrogens with zero attached hydrogens (tertiary/aromatic N) is 2. The van der Waals surface area contributed by atoms with E-state index in [1.807, 2.05) is 0 Å². The highest BCUT2D eigenvalue weighted by Crippen LogP contribution is 2.23. The van der Waals surface area contributed by atoms with Gasteiger partial charge in [0, 0.05) is 25.4 Å². The molecular weight excluding hydrogens is 305 g/mol. The number of halogens is 3. The van der Waals surface area contributed by atoms with E-state index in [4.69, 9.17) is 0 Å². The van der Waals surface area contributed by atoms with Gasteiger partial charge in [-0.05, 0) is 48.6 Å². The first-order chi connectivity index (χ1) is 11.0. The van der Waals surface area contributed by atoms with Gasteiger partial charge in [-0.3, -0.25) is 4.79 Å². The molecule has 2 heterocycles. The first-order valence-electron chi connectivity index (χ1n) is 7.37. The molecule has 120 valence electrons. The summed E-state index contributed by atoms with van der Waals surface area (Å²) >= 11 is 0. The van der Waals surface area contributed by atoms with E-state index in [1.165, 1.54) is 35.4 Å². The van der Waals surface area contributed by atoms with Crippen LogP contribution >= 0.6 is 0 Å². The zero-order chi connectivity index (χ0) is 16.4. The zero-order valence-corrected chi connectivity index (χ0v) is 12.3. The highest BCUT2D eigenvalue weighted by atomic mass is 19.1. The van der Waals surface area contributed by atoms with Crippen LogP contribution < -0.4 is 0 Å². The monoisotopic (exact) mass is 320 g/mol. The van der Waals surface area contributed by atoms with Gasteiger partial charge in [0.15, 0.2) is 11.5 Å². The third-order valence-corrected chi connectivity index (χ3v) is 3.98. The van der Waals surface area contributed by atoms with Crippen molar-refractivity contribution in [1.29, 1.82) is 0 Å². The zero-order valence-electron chi connectivity index (χ0n) is 12.3. The smallest absolute Gasteiger partial charge is 0.275 e. The molecule has 1 atom stereocenters. The number of carbonyl (C=O) groups excluding carboxylic acids is 1. The Morgan fingerprint density at radius 3 is 2.65 bits per heavy atom. The quantitative estimate of drug-likeness (QED) is 0.870. The van der Waals surface area contributed by atoms with Crippen LogP contribution in [0.5, 0.6) is 0 Å². The highest BCUT2D eigenvalue weighted by molar-refractivity contribution is 5.92. The molecule has 1 aliphatic rings. The molecule has 0 aliphatic carbocycles. The number of likely N-dealkylation sites (tertiary alicyclic amines) is 1. The fourth-order valence-corrected chi connectivity index (χ4v) is 2.94. The number of aromatic nitrogens is 1. The van der Waals surface area contributed by atoms with Crippen molar-refractivity contribution in [1.82, 2.24) is 9.88 Å². The van der Waals surface area contributed by atoms with Crippen LogP contribution in [-0.4, -0.2) is 28.9 Å². The number of hydrogen-bond acceptors (Lipinski definition) is 2. The van der Waals surface area contributed by atoms with Gasteiger partial charge in [0.2, 0.25) is 0 Å². The largest absolute Gasteiger partial charge is 0.337 e. The van der Waals surface area contributed by atoms with Crippen LogP contribution in [0.25, 0.3) is 0 Å². The van der Waals surface area contributed by atoms with Gasteiger partial charge < -0.3 is 4.90 Å². The normalized spacial score (nSPS) is 17.5. The molecular formula is C17H15F3N2O. The van der Waals surface area contributed by atoms with Gasteiger partial charge in [0.05, 0.1) is 0 Å². The van der Waals surface area contributed by atoms with Gasteiger partial charge in [-0.1, -0.05) is 0 Å². The van der Waals surface area contributed by atoms with E-state index in [1.54, 1.807) is 0 Å². The lowest BCUT2D eigenvalue weighted by Gasteiger charge is -2.16. The number of amides is 1. The van der Waals surface area contributed by atoms with Crippen molar-refractivity contribution in [2.24, 2.45) is 5.92 Å². The molecule has 1 amide bonds. The number of carbonyl (C=O) groups is 1. The molecule has 0 radical (unpaired) electrons. The molecule has 0 bridgehead atoms. The number of rotatable bonds is 3. The van der Waals surface area contributed by atoms with E-state index in [-0.39, 0.29) is 11.6 Å². The minimum absolute atomic E-state index is 0.0897. The average molecular weight is 320 g/mol. The summed E-state index contributed by atoms with van der Waals surface area (Å²) in [4.78, 5) is 17.6. The molecule has 1 saturated heterocycles. The van der Waals surface area contributed by atoms with Gasteiger partial charge in [-0.15, -0.1) is 0 Å². The second kappa shape index (κ2) is 6.40. The Balaban J connectivity index is 1.66. The molecule has 3 nitrogen and oxygen atoms in total. The molecule has 6 heteroatoms. The molecule has 1 aromatic carbocycles. The lowest BCUT2D eigenvalue weighted by molar-refractivity contribution is 0.0776. The molecule has 0 spiro atoms. The highest BCUT2D eigenvalue weighted by Gasteiger charge is 2.29. The Bertz CT molecular complexity index is 715. The molecule has 0 saturated carbocycles. The van der Waals surface area contributed by atoms with E-state index >= 15 is 0 Å². The lowest BCUT2D eigenvalue weighted by atomic mass is 9.98. The summed E-state index contributed by atoms with van der Waals surface area (Å²) in [7, 11) is 0. The standard InChI is InChI=1S/C17H15F3N2O/c18-13-7-12(8-14(19)9-13)6-11-3-5-22(10-11)17(23)16-15(20)2-1-4-21-16/h1-2,4,7-9,11H,3,5-6,10H2. The van der Waals surface area contributed by atoms with Crippen LogP contribution in [0, 0.1) is 23.4 Å². The van der Waals surface area contributed by atoms with Gasteiger partial charge >= 0.3 is 0 Å². The van der Waals surface area contributed by atoms with E-state index in [2.05, 4.69) is 4.98 Å². The van der Waals surface area contributed by atoms with Crippen LogP contribution in [0.1, 0.15) is 22.5 Å². The summed E-state index contributed by atoms with van der Waals surface area (Å²) in [5, 5.41) is 0. The molecule has 1 unspecified atom stereocenters. The molecule has 2 aromatic rings. The second-order valence-electron chi connectivity index (χ2n) is 5.72. The number of pyridine rings is 1. The van der Waals surface area contributed by atoms with E-state index in [0.717, 1.165) is 6.07 Å². The maximum absolute atomic E-state index is 13.6. The van der Waals surface area contributed by atoms with E-state index < -0.39 is 23.4 Å². The molecule has 3 rings (SSSR count). The molecule has 0 N–H and O–H groups in total. The summed E-state index contributed by atoms with van der Waals surface area (Å²) in [6, 6.07) is 6.05. The summed E-state index contributed by atoms with van der Waals surface area (Å²) in [6.07, 6.45) is 2.56. The van der Waals surface area contributed by atoms with Crippen LogP contribution in [0.3, 0.4) is 0 Å².